The Labute approximate surface area is 97.6 Å². The van der Waals surface area contributed by atoms with Crippen molar-refractivity contribution in [2.45, 2.75) is 13.5 Å². The predicted octanol–water partition coefficient (Wildman–Crippen LogP) is 2.43. The van der Waals surface area contributed by atoms with E-state index in [1.165, 1.54) is 12.1 Å². The zero-order chi connectivity index (χ0) is 11.7. The number of halogens is 2. The van der Waals surface area contributed by atoms with Crippen molar-refractivity contribution in [2.24, 2.45) is 5.73 Å². The number of hydrogen-bond acceptors (Lipinski definition) is 2. The first-order valence-corrected chi connectivity index (χ1v) is 5.20. The largest absolute Gasteiger partial charge is 0.325 e. The minimum Gasteiger partial charge on any atom is -0.325 e. The molecule has 0 spiro atoms. The molecule has 0 saturated carbocycles. The second-order valence-electron chi connectivity index (χ2n) is 3.49. The third kappa shape index (κ3) is 1.94. The van der Waals surface area contributed by atoms with Crippen LogP contribution in [0.4, 0.5) is 4.39 Å². The molecule has 3 nitrogen and oxygen atoms in total. The number of benzene rings is 1. The van der Waals surface area contributed by atoms with Gasteiger partial charge in [0.05, 0.1) is 16.4 Å². The molecule has 0 radical (unpaired) electrons. The standard InChI is InChI=1S/C11H11ClFN3/c1-7-4-8(6-14)15-16(7)9-2-3-11(13)10(12)5-9/h2-5H,6,14H2,1H3. The van der Waals surface area contributed by atoms with E-state index in [-0.39, 0.29) is 5.02 Å². The highest BCUT2D eigenvalue weighted by Gasteiger charge is 2.07. The number of aryl methyl sites for hydroxylation is 1. The van der Waals surface area contributed by atoms with Crippen molar-refractivity contribution in [2.75, 3.05) is 0 Å². The van der Waals surface area contributed by atoms with Gasteiger partial charge in [-0.1, -0.05) is 11.6 Å². The zero-order valence-corrected chi connectivity index (χ0v) is 9.50. The normalized spacial score (nSPS) is 10.8. The van der Waals surface area contributed by atoms with Gasteiger partial charge >= 0.3 is 0 Å². The molecule has 0 aliphatic carbocycles. The Kier molecular flexibility index (Phi) is 2.94. The lowest BCUT2D eigenvalue weighted by molar-refractivity contribution is 0.627. The molecule has 0 aliphatic rings. The molecule has 84 valence electrons. The van der Waals surface area contributed by atoms with Crippen LogP contribution in [0, 0.1) is 12.7 Å². The molecule has 0 atom stereocenters. The summed E-state index contributed by atoms with van der Waals surface area (Å²) in [5.41, 5.74) is 7.95. The summed E-state index contributed by atoms with van der Waals surface area (Å²) < 4.78 is 14.7. The SMILES string of the molecule is Cc1cc(CN)nn1-c1ccc(F)c(Cl)c1. The number of aromatic nitrogens is 2. The number of nitrogens with two attached hydrogens (primary N) is 1. The molecular formula is C11H11ClFN3. The number of rotatable bonds is 2. The van der Waals surface area contributed by atoms with Crippen LogP contribution in [-0.2, 0) is 6.54 Å². The van der Waals surface area contributed by atoms with E-state index < -0.39 is 5.82 Å². The highest BCUT2D eigenvalue weighted by atomic mass is 35.5. The van der Waals surface area contributed by atoms with E-state index in [4.69, 9.17) is 17.3 Å². The molecule has 0 aliphatic heterocycles. The Morgan fingerprint density at radius 3 is 2.75 bits per heavy atom. The Bertz CT molecular complexity index is 522. The van der Waals surface area contributed by atoms with E-state index in [1.54, 1.807) is 10.7 Å². The molecule has 0 unspecified atom stereocenters. The van der Waals surface area contributed by atoms with Crippen LogP contribution >= 0.6 is 11.6 Å². The Morgan fingerprint density at radius 1 is 1.44 bits per heavy atom. The van der Waals surface area contributed by atoms with Crippen molar-refractivity contribution < 1.29 is 4.39 Å². The molecule has 2 aromatic rings. The molecule has 0 fully saturated rings. The quantitative estimate of drug-likeness (QED) is 0.875. The van der Waals surface area contributed by atoms with Crippen LogP contribution < -0.4 is 5.73 Å². The molecule has 5 heteroatoms. The lowest BCUT2D eigenvalue weighted by Crippen LogP contribution is -2.02. The number of nitrogens with zero attached hydrogens (tertiary/aromatic N) is 2. The fraction of sp³-hybridized carbons (Fsp3) is 0.182. The average molecular weight is 240 g/mol. The van der Waals surface area contributed by atoms with Gasteiger partial charge in [0.25, 0.3) is 0 Å². The summed E-state index contributed by atoms with van der Waals surface area (Å²) in [5, 5.41) is 4.36. The first-order valence-electron chi connectivity index (χ1n) is 4.83. The summed E-state index contributed by atoms with van der Waals surface area (Å²) >= 11 is 5.72. The first-order chi connectivity index (χ1) is 7.61. The second-order valence-corrected chi connectivity index (χ2v) is 3.90. The highest BCUT2D eigenvalue weighted by molar-refractivity contribution is 6.30. The van der Waals surface area contributed by atoms with Crippen molar-refractivity contribution in [1.29, 1.82) is 0 Å². The van der Waals surface area contributed by atoms with Gasteiger partial charge in [-0.25, -0.2) is 9.07 Å². The third-order valence-electron chi connectivity index (χ3n) is 2.29. The van der Waals surface area contributed by atoms with Crippen LogP contribution in [0.1, 0.15) is 11.4 Å². The molecular weight excluding hydrogens is 229 g/mol. The summed E-state index contributed by atoms with van der Waals surface area (Å²) in [5.74, 6) is -0.436. The highest BCUT2D eigenvalue weighted by Crippen LogP contribution is 2.19. The topological polar surface area (TPSA) is 43.8 Å². The molecule has 0 bridgehead atoms. The summed E-state index contributed by atoms with van der Waals surface area (Å²) in [6.45, 7) is 2.28. The lowest BCUT2D eigenvalue weighted by Gasteiger charge is -2.04. The van der Waals surface area contributed by atoms with Gasteiger partial charge in [-0.05, 0) is 31.2 Å². The Balaban J connectivity index is 2.49. The third-order valence-corrected chi connectivity index (χ3v) is 2.58. The van der Waals surface area contributed by atoms with Crippen LogP contribution in [0.5, 0.6) is 0 Å². The smallest absolute Gasteiger partial charge is 0.141 e. The summed E-state index contributed by atoms with van der Waals surface area (Å²) in [6.07, 6.45) is 0. The average Bonchev–Trinajstić information content (AvgIpc) is 2.64. The van der Waals surface area contributed by atoms with Gasteiger partial charge in [0.15, 0.2) is 0 Å². The number of hydrogen-bond donors (Lipinski definition) is 1. The maximum atomic E-state index is 13.0. The monoisotopic (exact) mass is 239 g/mol. The van der Waals surface area contributed by atoms with Crippen molar-refractivity contribution in [1.82, 2.24) is 9.78 Å². The minimum atomic E-state index is -0.436. The molecule has 0 saturated heterocycles. The summed E-state index contributed by atoms with van der Waals surface area (Å²) in [6, 6.07) is 6.37. The second kappa shape index (κ2) is 4.23. The van der Waals surface area contributed by atoms with Gasteiger partial charge in [0, 0.05) is 12.2 Å². The van der Waals surface area contributed by atoms with Crippen LogP contribution in [-0.4, -0.2) is 9.78 Å². The summed E-state index contributed by atoms with van der Waals surface area (Å²) in [4.78, 5) is 0. The molecule has 1 aromatic heterocycles. The lowest BCUT2D eigenvalue weighted by atomic mass is 10.3. The van der Waals surface area contributed by atoms with Crippen LogP contribution in [0.2, 0.25) is 5.02 Å². The molecule has 2 N–H and O–H groups in total. The van der Waals surface area contributed by atoms with E-state index >= 15 is 0 Å². The zero-order valence-electron chi connectivity index (χ0n) is 8.74. The van der Waals surface area contributed by atoms with Gasteiger partial charge < -0.3 is 5.73 Å². The van der Waals surface area contributed by atoms with Gasteiger partial charge in [-0.15, -0.1) is 0 Å². The fourth-order valence-corrected chi connectivity index (χ4v) is 1.69. The minimum absolute atomic E-state index is 0.0849. The van der Waals surface area contributed by atoms with Crippen molar-refractivity contribution >= 4 is 11.6 Å². The van der Waals surface area contributed by atoms with Gasteiger partial charge in [-0.3, -0.25) is 0 Å². The van der Waals surface area contributed by atoms with E-state index in [1.807, 2.05) is 13.0 Å². The van der Waals surface area contributed by atoms with Crippen LogP contribution in [0.25, 0.3) is 5.69 Å². The van der Waals surface area contributed by atoms with Crippen LogP contribution in [0.3, 0.4) is 0 Å². The molecule has 2 rings (SSSR count). The maximum Gasteiger partial charge on any atom is 0.141 e. The predicted molar refractivity (Wildman–Crippen MR) is 61.2 cm³/mol. The molecule has 1 aromatic carbocycles. The van der Waals surface area contributed by atoms with E-state index in [9.17, 15) is 4.39 Å². The Hall–Kier alpha value is -1.39. The van der Waals surface area contributed by atoms with Crippen molar-refractivity contribution in [3.63, 3.8) is 0 Å². The first kappa shape index (κ1) is 11.1. The van der Waals surface area contributed by atoms with Gasteiger partial charge in [-0.2, -0.15) is 5.10 Å². The molecule has 16 heavy (non-hydrogen) atoms. The van der Waals surface area contributed by atoms with Gasteiger partial charge in [0.1, 0.15) is 5.82 Å². The molecule has 0 amide bonds. The van der Waals surface area contributed by atoms with Crippen molar-refractivity contribution in [3.05, 3.63) is 46.5 Å². The fourth-order valence-electron chi connectivity index (χ4n) is 1.52. The maximum absolute atomic E-state index is 13.0. The Morgan fingerprint density at radius 2 is 2.19 bits per heavy atom. The van der Waals surface area contributed by atoms with Crippen molar-refractivity contribution in [3.8, 4) is 5.69 Å². The molecule has 1 heterocycles. The van der Waals surface area contributed by atoms with Crippen LogP contribution in [0.15, 0.2) is 24.3 Å². The van der Waals surface area contributed by atoms with E-state index in [0.29, 0.717) is 6.54 Å². The van der Waals surface area contributed by atoms with E-state index in [2.05, 4.69) is 5.10 Å². The van der Waals surface area contributed by atoms with E-state index in [0.717, 1.165) is 17.1 Å². The summed E-state index contributed by atoms with van der Waals surface area (Å²) in [7, 11) is 0. The van der Waals surface area contributed by atoms with Gasteiger partial charge in [0.2, 0.25) is 0 Å².